The second-order valence-corrected chi connectivity index (χ2v) is 4.71. The molecule has 0 spiro atoms. The summed E-state index contributed by atoms with van der Waals surface area (Å²) >= 11 is 6.09. The lowest BCUT2D eigenvalue weighted by atomic mass is 10.1. The zero-order valence-corrected chi connectivity index (χ0v) is 11.1. The minimum Gasteiger partial charge on any atom is -0.392 e. The molecule has 1 aromatic carbocycles. The van der Waals surface area contributed by atoms with Crippen LogP contribution in [0.25, 0.3) is 0 Å². The van der Waals surface area contributed by atoms with E-state index in [1.54, 1.807) is 6.07 Å². The van der Waals surface area contributed by atoms with Crippen LogP contribution in [-0.4, -0.2) is 30.1 Å². The van der Waals surface area contributed by atoms with E-state index in [1.807, 2.05) is 24.0 Å². The number of halogens is 1. The van der Waals surface area contributed by atoms with Crippen LogP contribution >= 0.6 is 11.6 Å². The van der Waals surface area contributed by atoms with E-state index in [4.69, 9.17) is 11.6 Å². The molecule has 1 aliphatic heterocycles. The molecule has 1 aromatic rings. The second kappa shape index (κ2) is 5.59. The first kappa shape index (κ1) is 13.2. The first-order valence-corrected chi connectivity index (χ1v) is 6.49. The molecule has 0 saturated carbocycles. The number of aliphatic hydroxyl groups excluding tert-OH is 1. The van der Waals surface area contributed by atoms with E-state index in [2.05, 4.69) is 5.32 Å². The number of rotatable bonds is 3. The summed E-state index contributed by atoms with van der Waals surface area (Å²) in [6, 6.07) is 5.30. The molecule has 5 heteroatoms. The molecule has 0 bridgehead atoms. The molecule has 0 radical (unpaired) electrons. The lowest BCUT2D eigenvalue weighted by Crippen LogP contribution is -2.55. The molecule has 1 aliphatic rings. The standard InChI is InChI=1S/C13H17ClN2O2/c1-2-11-13(18)15-6-7-16(11)12-5-3-4-10(14)9(12)8-17/h3-5,11,17H,2,6-8H2,1H3,(H,15,18). The lowest BCUT2D eigenvalue weighted by molar-refractivity contribution is -0.123. The van der Waals surface area contributed by atoms with Crippen molar-refractivity contribution in [3.8, 4) is 0 Å². The van der Waals surface area contributed by atoms with Crippen molar-refractivity contribution in [2.75, 3.05) is 18.0 Å². The molecular weight excluding hydrogens is 252 g/mol. The Bertz CT molecular complexity index is 451. The Labute approximate surface area is 112 Å². The van der Waals surface area contributed by atoms with Gasteiger partial charge in [0.05, 0.1) is 6.61 Å². The van der Waals surface area contributed by atoms with E-state index in [1.165, 1.54) is 0 Å². The molecule has 1 atom stereocenters. The first-order valence-electron chi connectivity index (χ1n) is 6.11. The van der Waals surface area contributed by atoms with E-state index < -0.39 is 0 Å². The average molecular weight is 269 g/mol. The zero-order valence-electron chi connectivity index (χ0n) is 10.3. The van der Waals surface area contributed by atoms with Crippen molar-refractivity contribution < 1.29 is 9.90 Å². The van der Waals surface area contributed by atoms with Gasteiger partial charge in [0.2, 0.25) is 5.91 Å². The van der Waals surface area contributed by atoms with Gasteiger partial charge in [0.25, 0.3) is 0 Å². The Kier molecular flexibility index (Phi) is 4.09. The largest absolute Gasteiger partial charge is 0.392 e. The van der Waals surface area contributed by atoms with Crippen molar-refractivity contribution in [2.24, 2.45) is 0 Å². The number of carbonyl (C=O) groups excluding carboxylic acids is 1. The van der Waals surface area contributed by atoms with Crippen molar-refractivity contribution in [2.45, 2.75) is 26.0 Å². The summed E-state index contributed by atoms with van der Waals surface area (Å²) < 4.78 is 0. The van der Waals surface area contributed by atoms with Crippen molar-refractivity contribution in [3.63, 3.8) is 0 Å². The van der Waals surface area contributed by atoms with Crippen molar-refractivity contribution in [1.29, 1.82) is 0 Å². The molecule has 18 heavy (non-hydrogen) atoms. The highest BCUT2D eigenvalue weighted by atomic mass is 35.5. The van der Waals surface area contributed by atoms with Crippen molar-refractivity contribution >= 4 is 23.2 Å². The SMILES string of the molecule is CCC1C(=O)NCCN1c1cccc(Cl)c1CO. The summed E-state index contributed by atoms with van der Waals surface area (Å²) in [7, 11) is 0. The number of hydrogen-bond donors (Lipinski definition) is 2. The fourth-order valence-corrected chi connectivity index (χ4v) is 2.61. The van der Waals surface area contributed by atoms with E-state index in [9.17, 15) is 9.90 Å². The van der Waals surface area contributed by atoms with Crippen LogP contribution in [0.5, 0.6) is 0 Å². The van der Waals surface area contributed by atoms with Crippen LogP contribution in [-0.2, 0) is 11.4 Å². The molecule has 98 valence electrons. The summed E-state index contributed by atoms with van der Waals surface area (Å²) in [4.78, 5) is 13.9. The van der Waals surface area contributed by atoms with Gasteiger partial charge in [-0.3, -0.25) is 4.79 Å². The Morgan fingerprint density at radius 1 is 1.56 bits per heavy atom. The predicted molar refractivity (Wildman–Crippen MR) is 71.8 cm³/mol. The number of piperazine rings is 1. The smallest absolute Gasteiger partial charge is 0.242 e. The van der Waals surface area contributed by atoms with Gasteiger partial charge in [-0.25, -0.2) is 0 Å². The summed E-state index contributed by atoms with van der Waals surface area (Å²) in [6.45, 7) is 3.21. The van der Waals surface area contributed by atoms with Gasteiger partial charge in [0.1, 0.15) is 6.04 Å². The summed E-state index contributed by atoms with van der Waals surface area (Å²) in [5.41, 5.74) is 1.54. The summed E-state index contributed by atoms with van der Waals surface area (Å²) in [5, 5.41) is 12.8. The third kappa shape index (κ3) is 2.31. The number of aliphatic hydroxyl groups is 1. The molecule has 2 N–H and O–H groups in total. The van der Waals surface area contributed by atoms with Crippen molar-refractivity contribution in [1.82, 2.24) is 5.32 Å². The number of anilines is 1. The number of hydrogen-bond acceptors (Lipinski definition) is 3. The maximum atomic E-state index is 11.8. The summed E-state index contributed by atoms with van der Waals surface area (Å²) in [5.74, 6) is 0.0348. The number of amides is 1. The van der Waals surface area contributed by atoms with Gasteiger partial charge < -0.3 is 15.3 Å². The minimum atomic E-state index is -0.192. The highest BCUT2D eigenvalue weighted by Crippen LogP contribution is 2.30. The maximum Gasteiger partial charge on any atom is 0.242 e. The van der Waals surface area contributed by atoms with Crippen LogP contribution in [0.2, 0.25) is 5.02 Å². The van der Waals surface area contributed by atoms with Gasteiger partial charge in [-0.2, -0.15) is 0 Å². The number of nitrogens with one attached hydrogen (secondary N) is 1. The Morgan fingerprint density at radius 3 is 3.00 bits per heavy atom. The molecule has 1 fully saturated rings. The van der Waals surface area contributed by atoms with Gasteiger partial charge in [0, 0.05) is 29.4 Å². The maximum absolute atomic E-state index is 11.8. The molecule has 0 aromatic heterocycles. The van der Waals surface area contributed by atoms with Gasteiger partial charge in [-0.05, 0) is 18.6 Å². The fraction of sp³-hybridized carbons (Fsp3) is 0.462. The third-order valence-electron chi connectivity index (χ3n) is 3.28. The van der Waals surface area contributed by atoms with Crippen LogP contribution in [0.1, 0.15) is 18.9 Å². The molecule has 1 amide bonds. The van der Waals surface area contributed by atoms with Crippen LogP contribution in [0, 0.1) is 0 Å². The van der Waals surface area contributed by atoms with Gasteiger partial charge in [-0.1, -0.05) is 24.6 Å². The topological polar surface area (TPSA) is 52.6 Å². The first-order chi connectivity index (χ1) is 8.69. The van der Waals surface area contributed by atoms with Crippen molar-refractivity contribution in [3.05, 3.63) is 28.8 Å². The quantitative estimate of drug-likeness (QED) is 0.875. The minimum absolute atomic E-state index is 0.0348. The molecule has 4 nitrogen and oxygen atoms in total. The predicted octanol–water partition coefficient (Wildman–Crippen LogP) is 1.55. The van der Waals surface area contributed by atoms with Gasteiger partial charge in [-0.15, -0.1) is 0 Å². The van der Waals surface area contributed by atoms with Crippen LogP contribution < -0.4 is 10.2 Å². The Balaban J connectivity index is 2.40. The van der Waals surface area contributed by atoms with E-state index in [-0.39, 0.29) is 18.6 Å². The molecular formula is C13H17ClN2O2. The molecule has 1 saturated heterocycles. The van der Waals surface area contributed by atoms with Crippen LogP contribution in [0.4, 0.5) is 5.69 Å². The molecule has 0 aliphatic carbocycles. The lowest BCUT2D eigenvalue weighted by Gasteiger charge is -2.37. The van der Waals surface area contributed by atoms with E-state index >= 15 is 0 Å². The molecule has 1 heterocycles. The third-order valence-corrected chi connectivity index (χ3v) is 3.63. The van der Waals surface area contributed by atoms with Gasteiger partial charge >= 0.3 is 0 Å². The summed E-state index contributed by atoms with van der Waals surface area (Å²) in [6.07, 6.45) is 0.725. The Hall–Kier alpha value is -1.26. The highest BCUT2D eigenvalue weighted by Gasteiger charge is 2.29. The highest BCUT2D eigenvalue weighted by molar-refractivity contribution is 6.31. The number of carbonyl (C=O) groups is 1. The molecule has 1 unspecified atom stereocenters. The Morgan fingerprint density at radius 2 is 2.33 bits per heavy atom. The number of nitrogens with zero attached hydrogens (tertiary/aromatic N) is 1. The van der Waals surface area contributed by atoms with E-state index in [0.717, 1.165) is 18.7 Å². The normalized spacial score (nSPS) is 19.8. The van der Waals surface area contributed by atoms with Gasteiger partial charge in [0.15, 0.2) is 0 Å². The zero-order chi connectivity index (χ0) is 13.1. The van der Waals surface area contributed by atoms with E-state index in [0.29, 0.717) is 17.1 Å². The monoisotopic (exact) mass is 268 g/mol. The number of benzene rings is 1. The van der Waals surface area contributed by atoms with Crippen LogP contribution in [0.15, 0.2) is 18.2 Å². The molecule has 2 rings (SSSR count). The fourth-order valence-electron chi connectivity index (χ4n) is 2.38. The van der Waals surface area contributed by atoms with Crippen LogP contribution in [0.3, 0.4) is 0 Å². The second-order valence-electron chi connectivity index (χ2n) is 4.30. The average Bonchev–Trinajstić information content (AvgIpc) is 2.38.